The second kappa shape index (κ2) is 4.06. The molecule has 0 bridgehead atoms. The lowest BCUT2D eigenvalue weighted by molar-refractivity contribution is 0.439. The molecule has 1 N–H and O–H groups in total. The van der Waals surface area contributed by atoms with Gasteiger partial charge in [-0.15, -0.1) is 0 Å². The third-order valence-electron chi connectivity index (χ3n) is 3.93. The summed E-state index contributed by atoms with van der Waals surface area (Å²) in [5, 5.41) is 3.58. The molecule has 2 rings (SSSR count). The van der Waals surface area contributed by atoms with E-state index in [0.29, 0.717) is 11.5 Å². The van der Waals surface area contributed by atoms with Gasteiger partial charge in [-0.1, -0.05) is 31.4 Å². The molecule has 0 aromatic rings. The fourth-order valence-electron chi connectivity index (χ4n) is 3.05. The standard InChI is InChI=1S/C13H23N/c1-11(12-6-5-9-14-12)10-13(2)7-3-4-8-13/h10,12,14H,3-9H2,1-2H3/b11-10+. The molecule has 1 aliphatic carbocycles. The van der Waals surface area contributed by atoms with E-state index in [9.17, 15) is 0 Å². The Labute approximate surface area is 88.0 Å². The van der Waals surface area contributed by atoms with E-state index in [-0.39, 0.29) is 0 Å². The van der Waals surface area contributed by atoms with Crippen LogP contribution >= 0.6 is 0 Å². The lowest BCUT2D eigenvalue weighted by Crippen LogP contribution is -2.23. The van der Waals surface area contributed by atoms with Gasteiger partial charge in [0.15, 0.2) is 0 Å². The molecule has 0 amide bonds. The van der Waals surface area contributed by atoms with Crippen molar-refractivity contribution >= 4 is 0 Å². The maximum absolute atomic E-state index is 3.58. The first-order chi connectivity index (χ1) is 6.70. The molecular formula is C13H23N. The van der Waals surface area contributed by atoms with E-state index in [2.05, 4.69) is 25.2 Å². The van der Waals surface area contributed by atoms with Crippen LogP contribution in [-0.2, 0) is 0 Å². The SMILES string of the molecule is C/C(=C\C1(C)CCCC1)C1CCCN1. The van der Waals surface area contributed by atoms with Crippen molar-refractivity contribution in [1.82, 2.24) is 5.32 Å². The fourth-order valence-corrected chi connectivity index (χ4v) is 3.05. The molecule has 1 heterocycles. The topological polar surface area (TPSA) is 12.0 Å². The van der Waals surface area contributed by atoms with Crippen LogP contribution in [0.15, 0.2) is 11.6 Å². The Kier molecular flexibility index (Phi) is 2.96. The summed E-state index contributed by atoms with van der Waals surface area (Å²) < 4.78 is 0. The Morgan fingerprint density at radius 1 is 1.29 bits per heavy atom. The number of nitrogens with one attached hydrogen (secondary N) is 1. The van der Waals surface area contributed by atoms with Gasteiger partial charge in [0.05, 0.1) is 0 Å². The molecule has 2 aliphatic rings. The average Bonchev–Trinajstić information content (AvgIpc) is 2.74. The molecule has 0 radical (unpaired) electrons. The highest BCUT2D eigenvalue weighted by atomic mass is 14.9. The van der Waals surface area contributed by atoms with E-state index in [1.165, 1.54) is 45.1 Å². The van der Waals surface area contributed by atoms with Crippen LogP contribution in [0, 0.1) is 5.41 Å². The summed E-state index contributed by atoms with van der Waals surface area (Å²) in [6.45, 7) is 5.96. The van der Waals surface area contributed by atoms with Crippen molar-refractivity contribution in [2.75, 3.05) is 6.54 Å². The van der Waals surface area contributed by atoms with Gasteiger partial charge in [0.1, 0.15) is 0 Å². The van der Waals surface area contributed by atoms with Gasteiger partial charge in [0, 0.05) is 6.04 Å². The first kappa shape index (κ1) is 10.2. The van der Waals surface area contributed by atoms with E-state index in [4.69, 9.17) is 0 Å². The first-order valence-corrected chi connectivity index (χ1v) is 6.12. The highest BCUT2D eigenvalue weighted by Crippen LogP contribution is 2.40. The van der Waals surface area contributed by atoms with Crippen LogP contribution in [0.1, 0.15) is 52.4 Å². The Morgan fingerprint density at radius 2 is 2.00 bits per heavy atom. The predicted octanol–water partition coefficient (Wildman–Crippen LogP) is 3.27. The van der Waals surface area contributed by atoms with Crippen LogP contribution in [0.5, 0.6) is 0 Å². The third-order valence-corrected chi connectivity index (χ3v) is 3.93. The zero-order chi connectivity index (χ0) is 10.0. The molecule has 2 fully saturated rings. The average molecular weight is 193 g/mol. The van der Waals surface area contributed by atoms with E-state index in [1.807, 2.05) is 0 Å². The molecule has 1 unspecified atom stereocenters. The minimum atomic E-state index is 0.522. The lowest BCUT2D eigenvalue weighted by atomic mass is 9.85. The first-order valence-electron chi connectivity index (χ1n) is 6.12. The van der Waals surface area contributed by atoms with Gasteiger partial charge in [-0.25, -0.2) is 0 Å². The number of hydrogen-bond acceptors (Lipinski definition) is 1. The van der Waals surface area contributed by atoms with Crippen molar-refractivity contribution in [3.05, 3.63) is 11.6 Å². The Morgan fingerprint density at radius 3 is 2.57 bits per heavy atom. The van der Waals surface area contributed by atoms with Gasteiger partial charge in [0.25, 0.3) is 0 Å². The molecule has 1 saturated heterocycles. The molecule has 14 heavy (non-hydrogen) atoms. The second-order valence-electron chi connectivity index (χ2n) is 5.40. The molecular weight excluding hydrogens is 170 g/mol. The minimum absolute atomic E-state index is 0.522. The zero-order valence-electron chi connectivity index (χ0n) is 9.60. The van der Waals surface area contributed by atoms with Crippen LogP contribution in [0.25, 0.3) is 0 Å². The van der Waals surface area contributed by atoms with Gasteiger partial charge in [-0.2, -0.15) is 0 Å². The summed E-state index contributed by atoms with van der Waals surface area (Å²) in [5.41, 5.74) is 2.11. The van der Waals surface area contributed by atoms with Crippen molar-refractivity contribution in [1.29, 1.82) is 0 Å². The Hall–Kier alpha value is -0.300. The van der Waals surface area contributed by atoms with E-state index >= 15 is 0 Å². The predicted molar refractivity (Wildman–Crippen MR) is 61.4 cm³/mol. The molecule has 0 spiro atoms. The smallest absolute Gasteiger partial charge is 0.0277 e. The van der Waals surface area contributed by atoms with Gasteiger partial charge in [0.2, 0.25) is 0 Å². The highest BCUT2D eigenvalue weighted by Gasteiger charge is 2.27. The van der Waals surface area contributed by atoms with Crippen LogP contribution in [0.4, 0.5) is 0 Å². The van der Waals surface area contributed by atoms with E-state index in [0.717, 1.165) is 0 Å². The minimum Gasteiger partial charge on any atom is -0.310 e. The third kappa shape index (κ3) is 2.20. The summed E-state index contributed by atoms with van der Waals surface area (Å²) in [4.78, 5) is 0. The van der Waals surface area contributed by atoms with Crippen molar-refractivity contribution in [2.24, 2.45) is 5.41 Å². The summed E-state index contributed by atoms with van der Waals surface area (Å²) in [7, 11) is 0. The quantitative estimate of drug-likeness (QED) is 0.664. The maximum Gasteiger partial charge on any atom is 0.0277 e. The van der Waals surface area contributed by atoms with Crippen molar-refractivity contribution in [2.45, 2.75) is 58.4 Å². The molecule has 1 saturated carbocycles. The van der Waals surface area contributed by atoms with Crippen molar-refractivity contribution in [3.8, 4) is 0 Å². The van der Waals surface area contributed by atoms with E-state index < -0.39 is 0 Å². The summed E-state index contributed by atoms with van der Waals surface area (Å²) in [5.74, 6) is 0. The molecule has 0 aromatic carbocycles. The van der Waals surface area contributed by atoms with E-state index in [1.54, 1.807) is 5.57 Å². The largest absolute Gasteiger partial charge is 0.310 e. The molecule has 1 nitrogen and oxygen atoms in total. The Balaban J connectivity index is 2.00. The summed E-state index contributed by atoms with van der Waals surface area (Å²) in [6.07, 6.45) is 10.9. The van der Waals surface area contributed by atoms with Gasteiger partial charge in [-0.3, -0.25) is 0 Å². The van der Waals surface area contributed by atoms with Crippen LogP contribution < -0.4 is 5.32 Å². The fraction of sp³-hybridized carbons (Fsp3) is 0.846. The highest BCUT2D eigenvalue weighted by molar-refractivity contribution is 5.15. The van der Waals surface area contributed by atoms with Crippen molar-refractivity contribution in [3.63, 3.8) is 0 Å². The van der Waals surface area contributed by atoms with Crippen LogP contribution in [-0.4, -0.2) is 12.6 Å². The molecule has 1 heteroatoms. The summed E-state index contributed by atoms with van der Waals surface area (Å²) in [6, 6.07) is 0.687. The van der Waals surface area contributed by atoms with Gasteiger partial charge < -0.3 is 5.32 Å². The van der Waals surface area contributed by atoms with Crippen molar-refractivity contribution < 1.29 is 0 Å². The molecule has 0 aromatic heterocycles. The van der Waals surface area contributed by atoms with Gasteiger partial charge >= 0.3 is 0 Å². The lowest BCUT2D eigenvalue weighted by Gasteiger charge is -2.22. The second-order valence-corrected chi connectivity index (χ2v) is 5.40. The van der Waals surface area contributed by atoms with Crippen LogP contribution in [0.2, 0.25) is 0 Å². The molecule has 80 valence electrons. The number of allylic oxidation sites excluding steroid dienone is 1. The monoisotopic (exact) mass is 193 g/mol. The zero-order valence-corrected chi connectivity index (χ0v) is 9.60. The van der Waals surface area contributed by atoms with Crippen LogP contribution in [0.3, 0.4) is 0 Å². The molecule has 1 atom stereocenters. The number of hydrogen-bond donors (Lipinski definition) is 1. The Bertz CT molecular complexity index is 217. The van der Waals surface area contributed by atoms with Gasteiger partial charge in [-0.05, 0) is 44.6 Å². The number of rotatable bonds is 2. The molecule has 1 aliphatic heterocycles. The maximum atomic E-state index is 3.58. The normalized spacial score (nSPS) is 32.4. The summed E-state index contributed by atoms with van der Waals surface area (Å²) >= 11 is 0.